The topological polar surface area (TPSA) is 85.6 Å². The Morgan fingerprint density at radius 2 is 2.00 bits per heavy atom. The summed E-state index contributed by atoms with van der Waals surface area (Å²) in [5.41, 5.74) is 1.49. The second-order valence-electron chi connectivity index (χ2n) is 6.10. The number of methoxy groups -OCH3 is 1. The number of rotatable bonds is 8. The summed E-state index contributed by atoms with van der Waals surface area (Å²) >= 11 is 0. The molecule has 0 fully saturated rings. The Bertz CT molecular complexity index is 979. The number of alkyl halides is 2. The van der Waals surface area contributed by atoms with Gasteiger partial charge < -0.3 is 20.1 Å². The lowest BCUT2D eigenvalue weighted by Gasteiger charge is -2.15. The zero-order valence-electron chi connectivity index (χ0n) is 16.5. The molecule has 0 radical (unpaired) electrons. The first-order valence-electron chi connectivity index (χ1n) is 9.10. The number of pyridine rings is 1. The molecule has 10 heteroatoms. The first kappa shape index (κ1) is 21.0. The first-order valence-corrected chi connectivity index (χ1v) is 9.10. The maximum atomic E-state index is 12.7. The zero-order valence-corrected chi connectivity index (χ0v) is 16.5. The van der Waals surface area contributed by atoms with Gasteiger partial charge in [-0.25, -0.2) is 9.67 Å². The third kappa shape index (κ3) is 5.66. The van der Waals surface area contributed by atoms with Gasteiger partial charge in [0.25, 0.3) is 0 Å². The molecule has 0 spiro atoms. The van der Waals surface area contributed by atoms with Crippen molar-refractivity contribution in [3.8, 4) is 17.3 Å². The Hall–Kier alpha value is -3.69. The number of aliphatic imine (C=N–C) groups is 1. The molecule has 1 aromatic carbocycles. The van der Waals surface area contributed by atoms with Crippen LogP contribution in [0, 0.1) is 0 Å². The van der Waals surface area contributed by atoms with Crippen LogP contribution in [0.5, 0.6) is 11.5 Å². The minimum absolute atomic E-state index is 0.0757. The zero-order chi connectivity index (χ0) is 21.3. The number of halogens is 2. The van der Waals surface area contributed by atoms with E-state index in [-0.39, 0.29) is 12.3 Å². The summed E-state index contributed by atoms with van der Waals surface area (Å²) < 4.78 is 36.8. The van der Waals surface area contributed by atoms with Crippen LogP contribution < -0.4 is 20.1 Å². The van der Waals surface area contributed by atoms with E-state index < -0.39 is 6.61 Å². The Morgan fingerprint density at radius 1 is 1.17 bits per heavy atom. The van der Waals surface area contributed by atoms with Crippen LogP contribution in [0.2, 0.25) is 0 Å². The SMILES string of the molecule is CN=C(NCc1ccnc(-n2cccn2)c1)NCc1cc(OC)ccc1OC(F)F. The maximum Gasteiger partial charge on any atom is 0.387 e. The number of aromatic nitrogens is 3. The summed E-state index contributed by atoms with van der Waals surface area (Å²) in [4.78, 5) is 8.46. The Morgan fingerprint density at radius 3 is 2.70 bits per heavy atom. The van der Waals surface area contributed by atoms with E-state index in [0.29, 0.717) is 29.6 Å². The summed E-state index contributed by atoms with van der Waals surface area (Å²) in [6.45, 7) is -2.21. The number of hydrogen-bond acceptors (Lipinski definition) is 5. The van der Waals surface area contributed by atoms with E-state index in [1.807, 2.05) is 24.4 Å². The van der Waals surface area contributed by atoms with Gasteiger partial charge in [-0.3, -0.25) is 4.99 Å². The molecule has 158 valence electrons. The molecule has 2 heterocycles. The van der Waals surface area contributed by atoms with Crippen LogP contribution in [0.4, 0.5) is 8.78 Å². The molecule has 30 heavy (non-hydrogen) atoms. The second kappa shape index (κ2) is 10.2. The van der Waals surface area contributed by atoms with Crippen LogP contribution in [-0.4, -0.2) is 41.5 Å². The van der Waals surface area contributed by atoms with Crippen molar-refractivity contribution < 1.29 is 18.3 Å². The van der Waals surface area contributed by atoms with Gasteiger partial charge in [-0.15, -0.1) is 0 Å². The van der Waals surface area contributed by atoms with Crippen molar-refractivity contribution in [1.82, 2.24) is 25.4 Å². The van der Waals surface area contributed by atoms with E-state index in [1.165, 1.54) is 13.2 Å². The lowest BCUT2D eigenvalue weighted by molar-refractivity contribution is -0.0504. The van der Waals surface area contributed by atoms with Gasteiger partial charge in [0.05, 0.1) is 7.11 Å². The van der Waals surface area contributed by atoms with E-state index in [2.05, 4.69) is 30.4 Å². The molecule has 0 atom stereocenters. The van der Waals surface area contributed by atoms with Crippen molar-refractivity contribution in [3.63, 3.8) is 0 Å². The van der Waals surface area contributed by atoms with Crippen molar-refractivity contribution >= 4 is 5.96 Å². The molecular formula is C20H22F2N6O2. The molecular weight excluding hydrogens is 394 g/mol. The fourth-order valence-electron chi connectivity index (χ4n) is 2.72. The molecule has 2 N–H and O–H groups in total. The van der Waals surface area contributed by atoms with Crippen LogP contribution in [0.3, 0.4) is 0 Å². The average molecular weight is 416 g/mol. The largest absolute Gasteiger partial charge is 0.497 e. The number of guanidine groups is 1. The summed E-state index contributed by atoms with van der Waals surface area (Å²) in [5.74, 6) is 1.82. The monoisotopic (exact) mass is 416 g/mol. The highest BCUT2D eigenvalue weighted by molar-refractivity contribution is 5.79. The molecule has 2 aromatic heterocycles. The smallest absolute Gasteiger partial charge is 0.387 e. The molecule has 0 aliphatic heterocycles. The standard InChI is InChI=1S/C20H22F2N6O2/c1-23-20(25-12-14-6-8-24-18(10-14)28-9-3-7-27-28)26-13-15-11-16(29-2)4-5-17(15)30-19(21)22/h3-11,19H,12-13H2,1-2H3,(H2,23,25,26). The van der Waals surface area contributed by atoms with Crippen LogP contribution in [0.1, 0.15) is 11.1 Å². The third-order valence-corrected chi connectivity index (χ3v) is 4.16. The van der Waals surface area contributed by atoms with Gasteiger partial charge in [0.2, 0.25) is 0 Å². The summed E-state index contributed by atoms with van der Waals surface area (Å²) in [5, 5.41) is 10.4. The van der Waals surface area contributed by atoms with Crippen molar-refractivity contribution in [2.45, 2.75) is 19.7 Å². The Labute approximate surface area is 172 Å². The van der Waals surface area contributed by atoms with Gasteiger partial charge >= 0.3 is 6.61 Å². The minimum Gasteiger partial charge on any atom is -0.497 e. The van der Waals surface area contributed by atoms with Crippen molar-refractivity contribution in [3.05, 3.63) is 66.1 Å². The van der Waals surface area contributed by atoms with Gasteiger partial charge in [0.15, 0.2) is 11.8 Å². The number of nitrogens with zero attached hydrogens (tertiary/aromatic N) is 4. The third-order valence-electron chi connectivity index (χ3n) is 4.16. The number of hydrogen-bond donors (Lipinski definition) is 2. The molecule has 0 bridgehead atoms. The first-order chi connectivity index (χ1) is 14.6. The quantitative estimate of drug-likeness (QED) is 0.434. The van der Waals surface area contributed by atoms with E-state index in [0.717, 1.165) is 5.56 Å². The van der Waals surface area contributed by atoms with Gasteiger partial charge in [-0.1, -0.05) is 0 Å². The fourth-order valence-corrected chi connectivity index (χ4v) is 2.72. The summed E-state index contributed by atoms with van der Waals surface area (Å²) in [6.07, 6.45) is 5.20. The van der Waals surface area contributed by atoms with E-state index >= 15 is 0 Å². The van der Waals surface area contributed by atoms with Gasteiger partial charge in [0, 0.05) is 44.3 Å². The molecule has 0 saturated carbocycles. The molecule has 0 unspecified atom stereocenters. The highest BCUT2D eigenvalue weighted by Crippen LogP contribution is 2.25. The van der Waals surface area contributed by atoms with E-state index in [1.54, 1.807) is 36.3 Å². The van der Waals surface area contributed by atoms with Gasteiger partial charge in [0.1, 0.15) is 11.5 Å². The molecule has 0 saturated heterocycles. The molecule has 0 aliphatic carbocycles. The van der Waals surface area contributed by atoms with Crippen molar-refractivity contribution in [1.29, 1.82) is 0 Å². The second-order valence-corrected chi connectivity index (χ2v) is 6.10. The Kier molecular flexibility index (Phi) is 7.14. The molecule has 0 amide bonds. The molecule has 3 aromatic rings. The molecule has 3 rings (SSSR count). The lowest BCUT2D eigenvalue weighted by Crippen LogP contribution is -2.36. The van der Waals surface area contributed by atoms with Crippen LogP contribution in [0.15, 0.2) is 60.0 Å². The normalized spacial score (nSPS) is 11.4. The highest BCUT2D eigenvalue weighted by Gasteiger charge is 2.12. The predicted molar refractivity (Wildman–Crippen MR) is 108 cm³/mol. The van der Waals surface area contributed by atoms with Crippen LogP contribution >= 0.6 is 0 Å². The minimum atomic E-state index is -2.91. The molecule has 0 aliphatic rings. The highest BCUT2D eigenvalue weighted by atomic mass is 19.3. The lowest BCUT2D eigenvalue weighted by atomic mass is 10.2. The molecule has 8 nitrogen and oxygen atoms in total. The van der Waals surface area contributed by atoms with Crippen molar-refractivity contribution in [2.75, 3.05) is 14.2 Å². The summed E-state index contributed by atoms with van der Waals surface area (Å²) in [6, 6.07) is 10.3. The van der Waals surface area contributed by atoms with E-state index in [4.69, 9.17) is 4.74 Å². The van der Waals surface area contributed by atoms with Gasteiger partial charge in [-0.05, 0) is 42.0 Å². The Balaban J connectivity index is 1.62. The summed E-state index contributed by atoms with van der Waals surface area (Å²) in [7, 11) is 3.13. The fraction of sp³-hybridized carbons (Fsp3) is 0.250. The number of benzene rings is 1. The predicted octanol–water partition coefficient (Wildman–Crippen LogP) is 2.74. The van der Waals surface area contributed by atoms with Gasteiger partial charge in [-0.2, -0.15) is 13.9 Å². The number of ether oxygens (including phenoxy) is 2. The van der Waals surface area contributed by atoms with Crippen molar-refractivity contribution in [2.24, 2.45) is 4.99 Å². The van der Waals surface area contributed by atoms with E-state index in [9.17, 15) is 8.78 Å². The van der Waals surface area contributed by atoms with Crippen LogP contribution in [0.25, 0.3) is 5.82 Å². The maximum absolute atomic E-state index is 12.7. The number of nitrogens with one attached hydrogen (secondary N) is 2. The average Bonchev–Trinajstić information content (AvgIpc) is 3.29. The van der Waals surface area contributed by atoms with Crippen LogP contribution in [-0.2, 0) is 13.1 Å².